The Kier molecular flexibility index (Phi) is 7.08. The number of nitriles is 1. The maximum atomic E-state index is 13.8. The van der Waals surface area contributed by atoms with Crippen LogP contribution in [0.4, 0.5) is 5.69 Å². The lowest BCUT2D eigenvalue weighted by Crippen LogP contribution is -2.49. The van der Waals surface area contributed by atoms with Crippen LogP contribution in [0.5, 0.6) is 0 Å². The zero-order valence-corrected chi connectivity index (χ0v) is 23.6. The van der Waals surface area contributed by atoms with Crippen molar-refractivity contribution in [1.29, 1.82) is 5.26 Å². The quantitative estimate of drug-likeness (QED) is 0.215. The van der Waals surface area contributed by atoms with Gasteiger partial charge in [-0.05, 0) is 41.7 Å². The van der Waals surface area contributed by atoms with E-state index >= 15 is 0 Å². The van der Waals surface area contributed by atoms with Gasteiger partial charge in [-0.25, -0.2) is 14.3 Å². The zero-order chi connectivity index (χ0) is 28.2. The monoisotopic (exact) mass is 539 g/mol. The zero-order valence-electron chi connectivity index (χ0n) is 22.8. The molecule has 0 saturated heterocycles. The third-order valence-electron chi connectivity index (χ3n) is 7.74. The largest absolute Gasteiger partial charge is 0.458 e. The van der Waals surface area contributed by atoms with Crippen LogP contribution in [-0.2, 0) is 4.74 Å². The van der Waals surface area contributed by atoms with Gasteiger partial charge in [-0.3, -0.25) is 15.2 Å². The Balaban J connectivity index is 1.76. The number of carbonyl (C=O) groups is 1. The van der Waals surface area contributed by atoms with Gasteiger partial charge in [0.05, 0.1) is 10.5 Å². The molecule has 1 aromatic carbocycles. The molecule has 1 N–H and O–H groups in total. The van der Waals surface area contributed by atoms with Crippen LogP contribution in [0.3, 0.4) is 0 Å². The molecule has 3 aromatic rings. The van der Waals surface area contributed by atoms with Gasteiger partial charge in [0.25, 0.3) is 5.69 Å². The highest BCUT2D eigenvalue weighted by molar-refractivity contribution is 6.32. The van der Waals surface area contributed by atoms with Crippen LogP contribution in [0, 0.1) is 50.0 Å². The standard InChI is InChI=1S/C28H34ClN5O4/c1-15-10-18(27(2,3)4)23(19(11-15)28(5,6)7)38-26(35)22-17(13-30)14-33-25(22)31-24(32-33)16-8-9-20(29)21(12-16)34(36)37/h8-9,12,14-15,18-19,23H,10-11H2,1-7H3,(H,31,32). The number of benzene rings is 1. The van der Waals surface area contributed by atoms with Gasteiger partial charge < -0.3 is 4.74 Å². The fourth-order valence-corrected chi connectivity index (χ4v) is 5.89. The van der Waals surface area contributed by atoms with Crippen molar-refractivity contribution in [3.63, 3.8) is 0 Å². The van der Waals surface area contributed by atoms with Crippen LogP contribution < -0.4 is 0 Å². The number of ether oxygens (including phenoxy) is 1. The molecule has 0 radical (unpaired) electrons. The molecule has 0 aliphatic heterocycles. The van der Waals surface area contributed by atoms with Gasteiger partial charge in [0.2, 0.25) is 0 Å². The van der Waals surface area contributed by atoms with Crippen LogP contribution in [0.2, 0.25) is 5.02 Å². The Labute approximate surface area is 227 Å². The molecule has 1 aliphatic rings. The second-order valence-corrected chi connectivity index (χ2v) is 13.0. The van der Waals surface area contributed by atoms with Crippen LogP contribution in [0.1, 0.15) is 77.2 Å². The van der Waals surface area contributed by atoms with E-state index in [1.165, 1.54) is 22.8 Å². The first-order valence-corrected chi connectivity index (χ1v) is 13.2. The maximum Gasteiger partial charge on any atom is 0.343 e. The number of nitrogens with one attached hydrogen (secondary N) is 1. The molecule has 2 atom stereocenters. The summed E-state index contributed by atoms with van der Waals surface area (Å²) < 4.78 is 7.80. The number of esters is 1. The van der Waals surface area contributed by atoms with Gasteiger partial charge in [-0.15, -0.1) is 0 Å². The summed E-state index contributed by atoms with van der Waals surface area (Å²) in [6, 6.07) is 6.42. The predicted octanol–water partition coefficient (Wildman–Crippen LogP) is 7.04. The minimum absolute atomic E-state index is 0.0107. The van der Waals surface area contributed by atoms with E-state index in [0.29, 0.717) is 17.3 Å². The summed E-state index contributed by atoms with van der Waals surface area (Å²) in [6.45, 7) is 15.3. The first-order chi connectivity index (χ1) is 17.6. The average Bonchev–Trinajstić information content (AvgIpc) is 3.36. The SMILES string of the molecule is CC1CC(C(C)(C)C)C(OC(=O)c2c(C#N)cn3[nH]c(-c4ccc(Cl)c([N+](=O)[O-])c4)nc23)C(C(C)(C)C)C1. The summed E-state index contributed by atoms with van der Waals surface area (Å²) >= 11 is 5.96. The van der Waals surface area contributed by atoms with Crippen molar-refractivity contribution in [2.45, 2.75) is 67.4 Å². The van der Waals surface area contributed by atoms with Crippen molar-refractivity contribution < 1.29 is 14.5 Å². The van der Waals surface area contributed by atoms with Crippen molar-refractivity contribution in [3.8, 4) is 17.5 Å². The third kappa shape index (κ3) is 5.14. The van der Waals surface area contributed by atoms with E-state index in [1.807, 2.05) is 0 Å². The van der Waals surface area contributed by atoms with E-state index in [2.05, 4.69) is 64.6 Å². The summed E-state index contributed by atoms with van der Waals surface area (Å²) in [5.41, 5.74) is 0.451. The van der Waals surface area contributed by atoms with Crippen LogP contribution in [-0.4, -0.2) is 31.6 Å². The number of carbonyl (C=O) groups excluding carboxylic acids is 1. The highest BCUT2D eigenvalue weighted by atomic mass is 35.5. The van der Waals surface area contributed by atoms with Gasteiger partial charge >= 0.3 is 5.97 Å². The van der Waals surface area contributed by atoms with Gasteiger partial charge in [0, 0.05) is 29.7 Å². The summed E-state index contributed by atoms with van der Waals surface area (Å²) in [4.78, 5) is 29.1. The van der Waals surface area contributed by atoms with Gasteiger partial charge in [-0.2, -0.15) is 5.26 Å². The highest BCUT2D eigenvalue weighted by Crippen LogP contribution is 2.50. The van der Waals surface area contributed by atoms with Crippen LogP contribution in [0.25, 0.3) is 17.0 Å². The molecular formula is C28H34ClN5O4. The third-order valence-corrected chi connectivity index (χ3v) is 8.06. The van der Waals surface area contributed by atoms with Crippen LogP contribution in [0.15, 0.2) is 24.4 Å². The predicted molar refractivity (Wildman–Crippen MR) is 145 cm³/mol. The Morgan fingerprint density at radius 1 is 1.21 bits per heavy atom. The normalized spacial score (nSPS) is 22.3. The summed E-state index contributed by atoms with van der Waals surface area (Å²) in [5, 5.41) is 24.2. The number of fused-ring (bicyclic) bond motifs is 1. The van der Waals surface area contributed by atoms with Crippen molar-refractivity contribution in [1.82, 2.24) is 14.6 Å². The topological polar surface area (TPSA) is 126 Å². The molecule has 38 heavy (non-hydrogen) atoms. The first kappa shape index (κ1) is 27.6. The number of H-pyrrole nitrogens is 1. The molecule has 0 bridgehead atoms. The number of nitro benzene ring substituents is 1. The molecule has 10 heteroatoms. The van der Waals surface area contributed by atoms with Crippen molar-refractivity contribution in [3.05, 3.63) is 50.7 Å². The molecule has 2 unspecified atom stereocenters. The molecule has 9 nitrogen and oxygen atoms in total. The minimum atomic E-state index is -0.591. The molecule has 0 amide bonds. The highest BCUT2D eigenvalue weighted by Gasteiger charge is 2.48. The lowest BCUT2D eigenvalue weighted by atomic mass is 9.59. The molecular weight excluding hydrogens is 506 g/mol. The van der Waals surface area contributed by atoms with Crippen LogP contribution >= 0.6 is 11.6 Å². The van der Waals surface area contributed by atoms with E-state index < -0.39 is 10.9 Å². The Bertz CT molecular complexity index is 1410. The summed E-state index contributed by atoms with van der Waals surface area (Å²) in [7, 11) is 0. The number of hydrogen-bond acceptors (Lipinski definition) is 6. The molecule has 1 saturated carbocycles. The first-order valence-electron chi connectivity index (χ1n) is 12.8. The average molecular weight is 540 g/mol. The van der Waals surface area contributed by atoms with Gasteiger partial charge in [0.1, 0.15) is 22.8 Å². The van der Waals surface area contributed by atoms with E-state index in [0.717, 1.165) is 12.8 Å². The number of aromatic amines is 1. The molecule has 2 heterocycles. The van der Waals surface area contributed by atoms with Crippen molar-refractivity contribution in [2.75, 3.05) is 0 Å². The lowest BCUT2D eigenvalue weighted by molar-refractivity contribution is -0.384. The second-order valence-electron chi connectivity index (χ2n) is 12.6. The molecule has 2 aromatic heterocycles. The summed E-state index contributed by atoms with van der Waals surface area (Å²) in [5.74, 6) is 0.503. The van der Waals surface area contributed by atoms with Gasteiger partial charge in [-0.1, -0.05) is 60.1 Å². The summed E-state index contributed by atoms with van der Waals surface area (Å²) in [6.07, 6.45) is 3.06. The Hall–Kier alpha value is -3.38. The van der Waals surface area contributed by atoms with E-state index in [9.17, 15) is 20.2 Å². The number of hydrogen-bond donors (Lipinski definition) is 1. The second kappa shape index (κ2) is 9.73. The van der Waals surface area contributed by atoms with Gasteiger partial charge in [0.15, 0.2) is 11.5 Å². The van der Waals surface area contributed by atoms with E-state index in [1.54, 1.807) is 6.07 Å². The smallest absolute Gasteiger partial charge is 0.343 e. The van der Waals surface area contributed by atoms with Crippen molar-refractivity contribution in [2.24, 2.45) is 28.6 Å². The Morgan fingerprint density at radius 2 is 1.82 bits per heavy atom. The molecule has 0 spiro atoms. The fourth-order valence-electron chi connectivity index (χ4n) is 5.70. The molecule has 1 fully saturated rings. The number of aromatic nitrogens is 3. The number of nitrogens with zero attached hydrogens (tertiary/aromatic N) is 4. The maximum absolute atomic E-state index is 13.8. The number of rotatable bonds is 4. The molecule has 4 rings (SSSR count). The van der Waals surface area contributed by atoms with E-state index in [4.69, 9.17) is 16.3 Å². The minimum Gasteiger partial charge on any atom is -0.458 e. The fraction of sp³-hybridized carbons (Fsp3) is 0.536. The lowest BCUT2D eigenvalue weighted by Gasteiger charge is -2.50. The van der Waals surface area contributed by atoms with Crippen molar-refractivity contribution >= 4 is 28.9 Å². The number of halogens is 1. The molecule has 1 aliphatic carbocycles. The Morgan fingerprint density at radius 3 is 2.34 bits per heavy atom. The number of nitro groups is 1. The van der Waals surface area contributed by atoms with E-state index in [-0.39, 0.29) is 56.3 Å². The molecule has 202 valence electrons.